The third kappa shape index (κ3) is 5.06. The lowest BCUT2D eigenvalue weighted by Crippen LogP contribution is -2.28. The molecule has 0 radical (unpaired) electrons. The summed E-state index contributed by atoms with van der Waals surface area (Å²) in [5.74, 6) is -0.723. The molecule has 0 saturated carbocycles. The highest BCUT2D eigenvalue weighted by Gasteiger charge is 2.38. The second-order valence-electron chi connectivity index (χ2n) is 1.81. The van der Waals surface area contributed by atoms with Crippen LogP contribution in [0.5, 0.6) is 0 Å². The summed E-state index contributed by atoms with van der Waals surface area (Å²) < 4.78 is 39.1. The second-order valence-corrected chi connectivity index (χ2v) is 2.92. The summed E-state index contributed by atoms with van der Waals surface area (Å²) in [5.41, 5.74) is 0. The first-order valence-corrected chi connectivity index (χ1v) is 3.59. The predicted molar refractivity (Wildman–Crippen MR) is 35.4 cm³/mol. The van der Waals surface area contributed by atoms with Crippen LogP contribution >= 0.6 is 15.9 Å². The van der Waals surface area contributed by atoms with E-state index in [-0.39, 0.29) is 0 Å². The van der Waals surface area contributed by atoms with Gasteiger partial charge in [-0.15, -0.1) is 0 Å². The van der Waals surface area contributed by atoms with E-state index in [1.54, 1.807) is 0 Å². The maximum atomic E-state index is 11.7. The van der Waals surface area contributed by atoms with Gasteiger partial charge in [0.15, 0.2) is 0 Å². The van der Waals surface area contributed by atoms with Crippen molar-refractivity contribution in [3.8, 4) is 0 Å². The fraction of sp³-hybridized carbons (Fsp3) is 0.800. The van der Waals surface area contributed by atoms with Gasteiger partial charge in [0.2, 0.25) is 0 Å². The summed E-state index contributed by atoms with van der Waals surface area (Å²) in [7, 11) is 0. The van der Waals surface area contributed by atoms with Gasteiger partial charge in [0.1, 0.15) is 11.4 Å². The average molecular weight is 235 g/mol. The zero-order chi connectivity index (χ0) is 9.07. The van der Waals surface area contributed by atoms with Crippen molar-refractivity contribution >= 4 is 21.9 Å². The normalized spacial score (nSPS) is 14.3. The number of halogens is 4. The minimum Gasteiger partial charge on any atom is -0.464 e. The van der Waals surface area contributed by atoms with Crippen LogP contribution in [0.4, 0.5) is 13.2 Å². The fourth-order valence-electron chi connectivity index (χ4n) is 0.285. The Bertz CT molecular complexity index is 145. The number of hydrogen-bond acceptors (Lipinski definition) is 2. The molecule has 0 aliphatic rings. The van der Waals surface area contributed by atoms with Gasteiger partial charge in [-0.2, -0.15) is 13.2 Å². The van der Waals surface area contributed by atoms with Gasteiger partial charge in [-0.05, 0) is 0 Å². The van der Waals surface area contributed by atoms with Gasteiger partial charge in [-0.1, -0.05) is 15.9 Å². The van der Waals surface area contributed by atoms with Gasteiger partial charge in [0.25, 0.3) is 0 Å². The highest BCUT2D eigenvalue weighted by molar-refractivity contribution is 9.09. The zero-order valence-corrected chi connectivity index (χ0v) is 7.20. The number of rotatable bonds is 2. The molecule has 2 nitrogen and oxygen atoms in total. The summed E-state index contributed by atoms with van der Waals surface area (Å²) in [6.45, 7) is 0.370. The smallest absolute Gasteiger partial charge is 0.404 e. The molecule has 0 saturated heterocycles. The Kier molecular flexibility index (Phi) is 3.85. The minimum atomic E-state index is -4.37. The molecule has 0 aliphatic carbocycles. The Balaban J connectivity index is 3.70. The molecule has 0 aliphatic heterocycles. The summed E-state index contributed by atoms with van der Waals surface area (Å²) in [5, 5.41) is 0. The van der Waals surface area contributed by atoms with Crippen LogP contribution in [-0.2, 0) is 9.53 Å². The van der Waals surface area contributed by atoms with Crippen LogP contribution in [-0.4, -0.2) is 23.6 Å². The number of carbonyl (C=O) groups is 1. The number of esters is 1. The first-order valence-electron chi connectivity index (χ1n) is 2.68. The SMILES string of the molecule is CC(=O)OC[C@@H](Br)C(F)(F)F. The van der Waals surface area contributed by atoms with E-state index in [2.05, 4.69) is 20.7 Å². The van der Waals surface area contributed by atoms with Gasteiger partial charge < -0.3 is 4.74 Å². The number of hydrogen-bond donors (Lipinski definition) is 0. The average Bonchev–Trinajstić information content (AvgIpc) is 1.80. The van der Waals surface area contributed by atoms with Crippen LogP contribution in [0.15, 0.2) is 0 Å². The molecule has 0 rings (SSSR count). The van der Waals surface area contributed by atoms with E-state index in [4.69, 9.17) is 0 Å². The van der Waals surface area contributed by atoms with Crippen molar-refractivity contribution in [3.05, 3.63) is 0 Å². The molecule has 0 bridgehead atoms. The maximum absolute atomic E-state index is 11.7. The molecule has 0 spiro atoms. The molecule has 0 unspecified atom stereocenters. The molecule has 0 fully saturated rings. The molecule has 6 heteroatoms. The van der Waals surface area contributed by atoms with Crippen LogP contribution in [0.25, 0.3) is 0 Å². The second kappa shape index (κ2) is 3.94. The monoisotopic (exact) mass is 234 g/mol. The number of alkyl halides is 4. The summed E-state index contributed by atoms with van der Waals surface area (Å²) in [6, 6.07) is 0. The van der Waals surface area contributed by atoms with Gasteiger partial charge in [0, 0.05) is 6.92 Å². The van der Waals surface area contributed by atoms with Crippen LogP contribution in [0.2, 0.25) is 0 Å². The quantitative estimate of drug-likeness (QED) is 0.539. The lowest BCUT2D eigenvalue weighted by atomic mass is 10.4. The van der Waals surface area contributed by atoms with Crippen LogP contribution in [0.1, 0.15) is 6.92 Å². The zero-order valence-electron chi connectivity index (χ0n) is 5.61. The third-order valence-electron chi connectivity index (χ3n) is 0.788. The lowest BCUT2D eigenvalue weighted by molar-refractivity contribution is -0.153. The van der Waals surface area contributed by atoms with Crippen LogP contribution in [0, 0.1) is 0 Å². The van der Waals surface area contributed by atoms with Gasteiger partial charge in [0.05, 0.1) is 0 Å². The highest BCUT2D eigenvalue weighted by atomic mass is 79.9. The predicted octanol–water partition coefficient (Wildman–Crippen LogP) is 1.88. The molecule has 66 valence electrons. The van der Waals surface area contributed by atoms with E-state index < -0.39 is 23.6 Å². The summed E-state index contributed by atoms with van der Waals surface area (Å²) >= 11 is 2.32. The van der Waals surface area contributed by atoms with Crippen molar-refractivity contribution in [2.75, 3.05) is 6.61 Å². The third-order valence-corrected chi connectivity index (χ3v) is 1.57. The van der Waals surface area contributed by atoms with Crippen molar-refractivity contribution in [3.63, 3.8) is 0 Å². The molecule has 0 aromatic rings. The van der Waals surface area contributed by atoms with Gasteiger partial charge >= 0.3 is 12.1 Å². The molecule has 0 heterocycles. The Morgan fingerprint density at radius 3 is 2.36 bits per heavy atom. The lowest BCUT2D eigenvalue weighted by Gasteiger charge is -2.12. The maximum Gasteiger partial charge on any atom is 0.404 e. The van der Waals surface area contributed by atoms with Gasteiger partial charge in [-0.25, -0.2) is 0 Å². The highest BCUT2D eigenvalue weighted by Crippen LogP contribution is 2.26. The molecule has 1 atom stereocenters. The topological polar surface area (TPSA) is 26.3 Å². The summed E-state index contributed by atoms with van der Waals surface area (Å²) in [4.78, 5) is 8.29. The molecule has 0 aromatic heterocycles. The molecule has 0 N–H and O–H groups in total. The number of ether oxygens (including phenoxy) is 1. The minimum absolute atomic E-state index is 0.682. The van der Waals surface area contributed by atoms with E-state index in [1.807, 2.05) is 0 Å². The summed E-state index contributed by atoms with van der Waals surface area (Å²) in [6.07, 6.45) is -4.37. The first kappa shape index (κ1) is 10.7. The van der Waals surface area contributed by atoms with E-state index in [9.17, 15) is 18.0 Å². The fourth-order valence-corrected chi connectivity index (χ4v) is 0.417. The molecule has 11 heavy (non-hydrogen) atoms. The Morgan fingerprint density at radius 1 is 1.64 bits per heavy atom. The molecular weight excluding hydrogens is 229 g/mol. The molecular formula is C5H6BrF3O2. The van der Waals surface area contributed by atoms with E-state index in [1.165, 1.54) is 0 Å². The van der Waals surface area contributed by atoms with Crippen molar-refractivity contribution in [1.29, 1.82) is 0 Å². The Morgan fingerprint density at radius 2 is 2.09 bits per heavy atom. The van der Waals surface area contributed by atoms with Crippen LogP contribution in [0.3, 0.4) is 0 Å². The Labute approximate surface area is 69.8 Å². The van der Waals surface area contributed by atoms with Crippen molar-refractivity contribution < 1.29 is 22.7 Å². The Hall–Kier alpha value is -0.260. The van der Waals surface area contributed by atoms with Crippen molar-refractivity contribution in [2.24, 2.45) is 0 Å². The van der Waals surface area contributed by atoms with E-state index in [0.717, 1.165) is 6.92 Å². The molecule has 0 amide bonds. The van der Waals surface area contributed by atoms with Gasteiger partial charge in [-0.3, -0.25) is 4.79 Å². The largest absolute Gasteiger partial charge is 0.464 e. The first-order chi connectivity index (χ1) is 4.84. The van der Waals surface area contributed by atoms with E-state index >= 15 is 0 Å². The standard InChI is InChI=1S/C5H6BrF3O2/c1-3(10)11-2-4(6)5(7,8)9/h4H,2H2,1H3/t4-/m1/s1. The molecule has 0 aromatic carbocycles. The van der Waals surface area contributed by atoms with Crippen molar-refractivity contribution in [1.82, 2.24) is 0 Å². The van der Waals surface area contributed by atoms with Crippen LogP contribution < -0.4 is 0 Å². The van der Waals surface area contributed by atoms with Crippen molar-refractivity contribution in [2.45, 2.75) is 17.9 Å². The van der Waals surface area contributed by atoms with E-state index in [0.29, 0.717) is 0 Å². The number of carbonyl (C=O) groups excluding carboxylic acids is 1.